The van der Waals surface area contributed by atoms with Crippen LogP contribution in [0, 0.1) is 0 Å². The summed E-state index contributed by atoms with van der Waals surface area (Å²) in [5, 5.41) is 5.49. The smallest absolute Gasteiger partial charge is 0.323 e. The van der Waals surface area contributed by atoms with Crippen molar-refractivity contribution >= 4 is 35.1 Å². The maximum Gasteiger partial charge on any atom is 0.325 e. The van der Waals surface area contributed by atoms with E-state index in [1.54, 1.807) is 36.1 Å². The van der Waals surface area contributed by atoms with Gasteiger partial charge < -0.3 is 15.5 Å². The minimum Gasteiger partial charge on any atom is -0.323 e. The molecule has 33 heavy (non-hydrogen) atoms. The first-order valence-electron chi connectivity index (χ1n) is 11.3. The van der Waals surface area contributed by atoms with Crippen LogP contribution in [0.3, 0.4) is 0 Å². The molecule has 0 saturated carbocycles. The maximum absolute atomic E-state index is 13.2. The standard InChI is InChI=1S/C25H28N4O4/c1-3-7-17-11-13-18(14-12-17)25(2)23(32)29(24(33)27-25)16-21(30)26-19-8-4-5-9-20(19)28-15-6-10-22(28)31/h4-5,8-9,11-14H,3,6-7,10,15-16H2,1-2H3,(H,26,30)(H,27,33). The normalized spacial score (nSPS) is 20.4. The fourth-order valence-corrected chi connectivity index (χ4v) is 4.38. The van der Waals surface area contributed by atoms with Gasteiger partial charge in [-0.2, -0.15) is 0 Å². The summed E-state index contributed by atoms with van der Waals surface area (Å²) < 4.78 is 0. The molecule has 2 aliphatic heterocycles. The van der Waals surface area contributed by atoms with Gasteiger partial charge in [0.15, 0.2) is 0 Å². The molecule has 5 amide bonds. The molecule has 4 rings (SSSR count). The number of aryl methyl sites for hydroxylation is 1. The number of benzene rings is 2. The Hall–Kier alpha value is -3.68. The lowest BCUT2D eigenvalue weighted by atomic mass is 9.91. The summed E-state index contributed by atoms with van der Waals surface area (Å²) in [4.78, 5) is 53.3. The highest BCUT2D eigenvalue weighted by atomic mass is 16.2. The van der Waals surface area contributed by atoms with Crippen LogP contribution < -0.4 is 15.5 Å². The molecule has 2 fully saturated rings. The third kappa shape index (κ3) is 4.33. The summed E-state index contributed by atoms with van der Waals surface area (Å²) in [7, 11) is 0. The Morgan fingerprint density at radius 3 is 2.48 bits per heavy atom. The van der Waals surface area contributed by atoms with Gasteiger partial charge in [0.2, 0.25) is 11.8 Å². The van der Waals surface area contributed by atoms with E-state index in [9.17, 15) is 19.2 Å². The van der Waals surface area contributed by atoms with Gasteiger partial charge in [0.25, 0.3) is 5.91 Å². The molecule has 0 radical (unpaired) electrons. The van der Waals surface area contributed by atoms with E-state index in [-0.39, 0.29) is 5.91 Å². The molecule has 2 aromatic carbocycles. The van der Waals surface area contributed by atoms with Crippen molar-refractivity contribution in [1.29, 1.82) is 0 Å². The van der Waals surface area contributed by atoms with Gasteiger partial charge in [0, 0.05) is 13.0 Å². The second-order valence-electron chi connectivity index (χ2n) is 8.61. The number of carbonyl (C=O) groups excluding carboxylic acids is 4. The highest BCUT2D eigenvalue weighted by molar-refractivity contribution is 6.11. The molecule has 2 aromatic rings. The predicted molar refractivity (Wildman–Crippen MR) is 125 cm³/mol. The number of nitrogens with one attached hydrogen (secondary N) is 2. The number of anilines is 2. The van der Waals surface area contributed by atoms with Gasteiger partial charge in [0.05, 0.1) is 11.4 Å². The first kappa shape index (κ1) is 22.5. The van der Waals surface area contributed by atoms with E-state index in [0.29, 0.717) is 29.9 Å². The number of carbonyl (C=O) groups is 4. The maximum atomic E-state index is 13.2. The number of rotatable bonds is 7. The van der Waals surface area contributed by atoms with Crippen molar-refractivity contribution in [1.82, 2.24) is 10.2 Å². The summed E-state index contributed by atoms with van der Waals surface area (Å²) in [6.07, 6.45) is 3.20. The lowest BCUT2D eigenvalue weighted by molar-refractivity contribution is -0.133. The molecule has 2 aliphatic rings. The molecular weight excluding hydrogens is 420 g/mol. The third-order valence-electron chi connectivity index (χ3n) is 6.19. The molecule has 1 unspecified atom stereocenters. The number of urea groups is 1. The topological polar surface area (TPSA) is 98.8 Å². The van der Waals surface area contributed by atoms with E-state index in [1.165, 1.54) is 0 Å². The molecule has 2 saturated heterocycles. The van der Waals surface area contributed by atoms with Gasteiger partial charge in [-0.05, 0) is 43.0 Å². The van der Waals surface area contributed by atoms with Crippen LogP contribution in [0.2, 0.25) is 0 Å². The largest absolute Gasteiger partial charge is 0.325 e. The third-order valence-corrected chi connectivity index (χ3v) is 6.19. The predicted octanol–water partition coefficient (Wildman–Crippen LogP) is 3.17. The van der Waals surface area contributed by atoms with Crippen molar-refractivity contribution in [3.8, 4) is 0 Å². The number of nitrogens with zero attached hydrogens (tertiary/aromatic N) is 2. The van der Waals surface area contributed by atoms with Crippen molar-refractivity contribution in [2.24, 2.45) is 0 Å². The Labute approximate surface area is 192 Å². The van der Waals surface area contributed by atoms with Crippen LogP contribution in [0.15, 0.2) is 48.5 Å². The Bertz CT molecular complexity index is 1100. The molecule has 0 aromatic heterocycles. The Kier molecular flexibility index (Phi) is 6.18. The van der Waals surface area contributed by atoms with Crippen molar-refractivity contribution in [3.63, 3.8) is 0 Å². The monoisotopic (exact) mass is 448 g/mol. The summed E-state index contributed by atoms with van der Waals surface area (Å²) >= 11 is 0. The van der Waals surface area contributed by atoms with E-state index in [2.05, 4.69) is 17.6 Å². The van der Waals surface area contributed by atoms with Gasteiger partial charge in [-0.25, -0.2) is 4.79 Å². The van der Waals surface area contributed by atoms with E-state index in [1.807, 2.05) is 24.3 Å². The molecule has 8 nitrogen and oxygen atoms in total. The minimum atomic E-state index is -1.23. The lowest BCUT2D eigenvalue weighted by Gasteiger charge is -2.23. The van der Waals surface area contributed by atoms with Crippen LogP contribution in [0.1, 0.15) is 44.2 Å². The highest BCUT2D eigenvalue weighted by Crippen LogP contribution is 2.31. The molecule has 8 heteroatoms. The van der Waals surface area contributed by atoms with Crippen LogP contribution >= 0.6 is 0 Å². The number of para-hydroxylation sites is 2. The molecule has 0 aliphatic carbocycles. The number of hydrogen-bond donors (Lipinski definition) is 2. The second kappa shape index (κ2) is 9.05. The molecule has 2 heterocycles. The van der Waals surface area contributed by atoms with E-state index >= 15 is 0 Å². The van der Waals surface area contributed by atoms with Crippen LogP contribution in [-0.4, -0.2) is 41.7 Å². The first-order chi connectivity index (χ1) is 15.8. The average molecular weight is 449 g/mol. The van der Waals surface area contributed by atoms with Crippen LogP contribution in [-0.2, 0) is 26.3 Å². The van der Waals surface area contributed by atoms with Crippen molar-refractivity contribution in [2.45, 2.75) is 45.1 Å². The fraction of sp³-hybridized carbons (Fsp3) is 0.360. The lowest BCUT2D eigenvalue weighted by Crippen LogP contribution is -2.42. The molecule has 1 atom stereocenters. The summed E-state index contributed by atoms with van der Waals surface area (Å²) in [6.45, 7) is 3.92. The van der Waals surface area contributed by atoms with Crippen molar-refractivity contribution < 1.29 is 19.2 Å². The van der Waals surface area contributed by atoms with Gasteiger partial charge in [0.1, 0.15) is 12.1 Å². The van der Waals surface area contributed by atoms with E-state index in [4.69, 9.17) is 0 Å². The van der Waals surface area contributed by atoms with Crippen LogP contribution in [0.25, 0.3) is 0 Å². The zero-order chi connectivity index (χ0) is 23.6. The zero-order valence-electron chi connectivity index (χ0n) is 18.9. The Balaban J connectivity index is 1.47. The minimum absolute atomic E-state index is 0.00604. The fourth-order valence-electron chi connectivity index (χ4n) is 4.38. The Morgan fingerprint density at radius 2 is 1.82 bits per heavy atom. The number of hydrogen-bond acceptors (Lipinski definition) is 4. The first-order valence-corrected chi connectivity index (χ1v) is 11.3. The van der Waals surface area contributed by atoms with Crippen LogP contribution in [0.4, 0.5) is 16.2 Å². The van der Waals surface area contributed by atoms with Crippen molar-refractivity contribution in [2.75, 3.05) is 23.3 Å². The molecule has 0 spiro atoms. The Morgan fingerprint density at radius 1 is 1.09 bits per heavy atom. The average Bonchev–Trinajstić information content (AvgIpc) is 3.31. The summed E-state index contributed by atoms with van der Waals surface area (Å²) in [6, 6.07) is 14.0. The van der Waals surface area contributed by atoms with Crippen molar-refractivity contribution in [3.05, 3.63) is 59.7 Å². The van der Waals surface area contributed by atoms with E-state index in [0.717, 1.165) is 29.7 Å². The molecule has 0 bridgehead atoms. The van der Waals surface area contributed by atoms with Crippen LogP contribution in [0.5, 0.6) is 0 Å². The van der Waals surface area contributed by atoms with Gasteiger partial charge >= 0.3 is 6.03 Å². The number of amides is 5. The molecule has 2 N–H and O–H groups in total. The highest BCUT2D eigenvalue weighted by Gasteiger charge is 2.49. The SMILES string of the molecule is CCCc1ccc(C2(C)NC(=O)N(CC(=O)Nc3ccccc3N3CCCC3=O)C2=O)cc1. The molecular formula is C25H28N4O4. The van der Waals surface area contributed by atoms with Gasteiger partial charge in [-0.3, -0.25) is 19.3 Å². The zero-order valence-corrected chi connectivity index (χ0v) is 18.9. The second-order valence-corrected chi connectivity index (χ2v) is 8.61. The van der Waals surface area contributed by atoms with E-state index < -0.39 is 29.9 Å². The summed E-state index contributed by atoms with van der Waals surface area (Å²) in [5.41, 5.74) is 1.68. The number of imide groups is 1. The van der Waals surface area contributed by atoms with Gasteiger partial charge in [-0.1, -0.05) is 49.7 Å². The quantitative estimate of drug-likeness (QED) is 0.636. The van der Waals surface area contributed by atoms with Gasteiger partial charge in [-0.15, -0.1) is 0 Å². The summed E-state index contributed by atoms with van der Waals surface area (Å²) in [5.74, 6) is -0.986. The molecule has 172 valence electrons.